The van der Waals surface area contributed by atoms with Crippen LogP contribution in [0.15, 0.2) is 46.9 Å². The van der Waals surface area contributed by atoms with Crippen LogP contribution >= 0.6 is 15.9 Å². The van der Waals surface area contributed by atoms with Crippen LogP contribution in [0, 0.1) is 0 Å². The van der Waals surface area contributed by atoms with Gasteiger partial charge in [0.05, 0.1) is 0 Å². The molecule has 2 aromatic carbocycles. The molecule has 2 N–H and O–H groups in total. The largest absolute Gasteiger partial charge is 0.399 e. The second kappa shape index (κ2) is 5.88. The number of hydrogen-bond donors (Lipinski definition) is 1. The summed E-state index contributed by atoms with van der Waals surface area (Å²) in [7, 11) is 0. The molecule has 3 heteroatoms. The van der Waals surface area contributed by atoms with Crippen LogP contribution in [0.25, 0.3) is 0 Å². The molecule has 1 aliphatic rings. The van der Waals surface area contributed by atoms with E-state index in [-0.39, 0.29) is 0 Å². The van der Waals surface area contributed by atoms with E-state index in [1.165, 1.54) is 36.1 Å². The monoisotopic (exact) mass is 330 g/mol. The Labute approximate surface area is 128 Å². The number of nitrogen functional groups attached to an aromatic ring is 1. The second-order valence-electron chi connectivity index (χ2n) is 5.36. The van der Waals surface area contributed by atoms with Crippen LogP contribution in [0.4, 0.5) is 11.4 Å². The molecule has 0 aliphatic carbocycles. The first-order valence-corrected chi connectivity index (χ1v) is 7.90. The number of anilines is 2. The number of benzene rings is 2. The Morgan fingerprint density at radius 2 is 1.95 bits per heavy atom. The molecule has 2 aromatic rings. The van der Waals surface area contributed by atoms with Crippen molar-refractivity contribution in [3.63, 3.8) is 0 Å². The molecule has 0 saturated heterocycles. The van der Waals surface area contributed by atoms with Gasteiger partial charge in [-0.2, -0.15) is 0 Å². The van der Waals surface area contributed by atoms with Gasteiger partial charge in [0.2, 0.25) is 0 Å². The van der Waals surface area contributed by atoms with Crippen LogP contribution in [0.5, 0.6) is 0 Å². The Kier molecular flexibility index (Phi) is 3.97. The van der Waals surface area contributed by atoms with Gasteiger partial charge in [-0.25, -0.2) is 0 Å². The number of nitrogens with two attached hydrogens (primary N) is 1. The third-order valence-corrected chi connectivity index (χ3v) is 4.66. The zero-order valence-electron chi connectivity index (χ0n) is 11.5. The second-order valence-corrected chi connectivity index (χ2v) is 6.21. The Hall–Kier alpha value is -1.48. The Morgan fingerprint density at radius 1 is 1.10 bits per heavy atom. The zero-order valence-corrected chi connectivity index (χ0v) is 13.1. The SMILES string of the molecule is Nc1ccc(Br)c(CN2CCCCc3ccccc32)c1. The van der Waals surface area contributed by atoms with E-state index in [0.717, 1.165) is 23.2 Å². The molecule has 0 amide bonds. The minimum absolute atomic E-state index is 0.825. The predicted molar refractivity (Wildman–Crippen MR) is 89.0 cm³/mol. The van der Waals surface area contributed by atoms with Crippen molar-refractivity contribution < 1.29 is 0 Å². The smallest absolute Gasteiger partial charge is 0.0441 e. The highest BCUT2D eigenvalue weighted by atomic mass is 79.9. The Morgan fingerprint density at radius 3 is 2.85 bits per heavy atom. The summed E-state index contributed by atoms with van der Waals surface area (Å²) in [5.74, 6) is 0. The van der Waals surface area contributed by atoms with Gasteiger partial charge >= 0.3 is 0 Å². The first-order chi connectivity index (χ1) is 9.74. The maximum absolute atomic E-state index is 5.92. The van der Waals surface area contributed by atoms with E-state index in [1.807, 2.05) is 12.1 Å². The highest BCUT2D eigenvalue weighted by molar-refractivity contribution is 9.10. The molecular weight excluding hydrogens is 312 g/mol. The lowest BCUT2D eigenvalue weighted by molar-refractivity contribution is 0.714. The van der Waals surface area contributed by atoms with Crippen molar-refractivity contribution >= 4 is 27.3 Å². The predicted octanol–water partition coefficient (Wildman–Crippen LogP) is 4.37. The molecule has 3 rings (SSSR count). The van der Waals surface area contributed by atoms with E-state index in [9.17, 15) is 0 Å². The molecule has 0 bridgehead atoms. The number of nitrogens with zero attached hydrogens (tertiary/aromatic N) is 1. The molecule has 0 radical (unpaired) electrons. The third-order valence-electron chi connectivity index (χ3n) is 3.89. The van der Waals surface area contributed by atoms with E-state index in [2.05, 4.69) is 51.2 Å². The lowest BCUT2D eigenvalue weighted by atomic mass is 10.1. The molecule has 0 aromatic heterocycles. The topological polar surface area (TPSA) is 29.3 Å². The third kappa shape index (κ3) is 2.83. The number of para-hydroxylation sites is 1. The van der Waals surface area contributed by atoms with Crippen molar-refractivity contribution in [3.05, 3.63) is 58.1 Å². The average molecular weight is 331 g/mol. The van der Waals surface area contributed by atoms with Gasteiger partial charge in [-0.3, -0.25) is 0 Å². The molecule has 20 heavy (non-hydrogen) atoms. The molecule has 0 atom stereocenters. The first kappa shape index (κ1) is 13.5. The molecule has 0 spiro atoms. The van der Waals surface area contributed by atoms with Gasteiger partial charge in [0.15, 0.2) is 0 Å². The summed E-state index contributed by atoms with van der Waals surface area (Å²) in [4.78, 5) is 2.47. The number of aryl methyl sites for hydroxylation is 1. The van der Waals surface area contributed by atoms with Gasteiger partial charge in [-0.15, -0.1) is 0 Å². The van der Waals surface area contributed by atoms with Crippen LogP contribution in [-0.2, 0) is 13.0 Å². The first-order valence-electron chi connectivity index (χ1n) is 7.11. The van der Waals surface area contributed by atoms with Crippen LogP contribution in [0.1, 0.15) is 24.0 Å². The summed E-state index contributed by atoms with van der Waals surface area (Å²) in [6, 6.07) is 14.8. The van der Waals surface area contributed by atoms with Crippen LogP contribution in [0.2, 0.25) is 0 Å². The molecular formula is C17H19BrN2. The molecule has 0 unspecified atom stereocenters. The van der Waals surface area contributed by atoms with Crippen molar-refractivity contribution in [2.75, 3.05) is 17.2 Å². The normalized spacial score (nSPS) is 14.8. The quantitative estimate of drug-likeness (QED) is 0.828. The number of halogens is 1. The summed E-state index contributed by atoms with van der Waals surface area (Å²) < 4.78 is 1.13. The standard InChI is InChI=1S/C17H19BrN2/c18-16-9-8-15(19)11-14(16)12-20-10-4-3-6-13-5-1-2-7-17(13)20/h1-2,5,7-9,11H,3-4,6,10,12,19H2. The van der Waals surface area contributed by atoms with Crippen molar-refractivity contribution in [2.45, 2.75) is 25.8 Å². The van der Waals surface area contributed by atoms with Crippen LogP contribution in [-0.4, -0.2) is 6.54 Å². The van der Waals surface area contributed by atoms with Gasteiger partial charge in [0.25, 0.3) is 0 Å². The van der Waals surface area contributed by atoms with Crippen LogP contribution in [0.3, 0.4) is 0 Å². The zero-order chi connectivity index (χ0) is 13.9. The fraction of sp³-hybridized carbons (Fsp3) is 0.294. The fourth-order valence-corrected chi connectivity index (χ4v) is 3.23. The lowest BCUT2D eigenvalue weighted by Crippen LogP contribution is -2.23. The number of rotatable bonds is 2. The Bertz CT molecular complexity index is 610. The van der Waals surface area contributed by atoms with Gasteiger partial charge in [0, 0.05) is 28.9 Å². The maximum atomic E-state index is 5.92. The average Bonchev–Trinajstić information content (AvgIpc) is 2.66. The minimum Gasteiger partial charge on any atom is -0.399 e. The van der Waals surface area contributed by atoms with E-state index in [1.54, 1.807) is 0 Å². The minimum atomic E-state index is 0.825. The van der Waals surface area contributed by atoms with Crippen molar-refractivity contribution in [3.8, 4) is 0 Å². The van der Waals surface area contributed by atoms with Crippen LogP contribution < -0.4 is 10.6 Å². The maximum Gasteiger partial charge on any atom is 0.0441 e. The van der Waals surface area contributed by atoms with Crippen molar-refractivity contribution in [2.24, 2.45) is 0 Å². The number of hydrogen-bond acceptors (Lipinski definition) is 2. The number of fused-ring (bicyclic) bond motifs is 1. The van der Waals surface area contributed by atoms with Gasteiger partial charge in [-0.1, -0.05) is 34.1 Å². The summed E-state index contributed by atoms with van der Waals surface area (Å²) in [5, 5.41) is 0. The molecule has 2 nitrogen and oxygen atoms in total. The lowest BCUT2D eigenvalue weighted by Gasteiger charge is -2.25. The van der Waals surface area contributed by atoms with Crippen molar-refractivity contribution in [1.29, 1.82) is 0 Å². The molecule has 1 heterocycles. The highest BCUT2D eigenvalue weighted by Gasteiger charge is 2.15. The van der Waals surface area contributed by atoms with E-state index in [4.69, 9.17) is 5.73 Å². The summed E-state index contributed by atoms with van der Waals surface area (Å²) in [6.07, 6.45) is 3.70. The fourth-order valence-electron chi connectivity index (χ4n) is 2.85. The van der Waals surface area contributed by atoms with Gasteiger partial charge in [0.1, 0.15) is 0 Å². The Balaban J connectivity index is 1.92. The summed E-state index contributed by atoms with van der Waals surface area (Å²) in [5.41, 5.74) is 10.8. The highest BCUT2D eigenvalue weighted by Crippen LogP contribution is 2.29. The summed E-state index contributed by atoms with van der Waals surface area (Å²) in [6.45, 7) is 2.01. The summed E-state index contributed by atoms with van der Waals surface area (Å²) >= 11 is 3.63. The molecule has 0 fully saturated rings. The van der Waals surface area contributed by atoms with Gasteiger partial charge in [-0.05, 0) is 54.7 Å². The van der Waals surface area contributed by atoms with E-state index >= 15 is 0 Å². The molecule has 1 aliphatic heterocycles. The van der Waals surface area contributed by atoms with E-state index < -0.39 is 0 Å². The van der Waals surface area contributed by atoms with Crippen molar-refractivity contribution in [1.82, 2.24) is 0 Å². The van der Waals surface area contributed by atoms with E-state index in [0.29, 0.717) is 0 Å². The molecule has 0 saturated carbocycles. The molecule has 104 valence electrons. The van der Waals surface area contributed by atoms with Gasteiger partial charge < -0.3 is 10.6 Å².